The van der Waals surface area contributed by atoms with E-state index < -0.39 is 0 Å². The molecule has 4 aromatic carbocycles. The highest BCUT2D eigenvalue weighted by molar-refractivity contribution is 6.42. The van der Waals surface area contributed by atoms with Gasteiger partial charge in [0.25, 0.3) is 0 Å². The molecule has 0 radical (unpaired) electrons. The van der Waals surface area contributed by atoms with Gasteiger partial charge < -0.3 is 11.5 Å². The molecule has 0 aromatic heterocycles. The summed E-state index contributed by atoms with van der Waals surface area (Å²) in [6, 6.07) is 29.0. The van der Waals surface area contributed by atoms with Crippen molar-refractivity contribution in [3.05, 3.63) is 138 Å². The zero-order valence-corrected chi connectivity index (χ0v) is 23.9. The average molecular weight is 600 g/mol. The van der Waals surface area contributed by atoms with E-state index in [1.54, 1.807) is 0 Å². The normalized spacial score (nSPS) is 21.5. The minimum atomic E-state index is 0. The zero-order valence-electron chi connectivity index (χ0n) is 20.9. The summed E-state index contributed by atoms with van der Waals surface area (Å²) in [4.78, 5) is 0. The molecule has 0 saturated heterocycles. The molecule has 0 heterocycles. The Balaban J connectivity index is 0.000000176. The molecule has 0 fully saturated rings. The fraction of sp³-hybridized carbons (Fsp3) is 0.273. The second kappa shape index (κ2) is 13.1. The molecule has 4 atom stereocenters. The number of nitrogens with two attached hydrogens (primary N) is 2. The van der Waals surface area contributed by atoms with Crippen LogP contribution in [0.2, 0.25) is 20.1 Å². The third-order valence-corrected chi connectivity index (χ3v) is 9.24. The number of halogens is 4. The molecular weight excluding hydrogens is 566 g/mol. The second-order valence-corrected chi connectivity index (χ2v) is 11.7. The second-order valence-electron chi connectivity index (χ2n) is 10.1. The van der Waals surface area contributed by atoms with Crippen molar-refractivity contribution in [2.75, 3.05) is 0 Å². The van der Waals surface area contributed by atoms with Gasteiger partial charge in [-0.15, -0.1) is 0 Å². The topological polar surface area (TPSA) is 52.0 Å². The molecule has 2 nitrogen and oxygen atoms in total. The molecule has 39 heavy (non-hydrogen) atoms. The lowest BCUT2D eigenvalue weighted by Crippen LogP contribution is -2.20. The summed E-state index contributed by atoms with van der Waals surface area (Å²) in [5.41, 5.74) is 20.0. The van der Waals surface area contributed by atoms with Crippen molar-refractivity contribution in [2.24, 2.45) is 11.5 Å². The largest absolute Gasteiger partial charge is 0.324 e. The van der Waals surface area contributed by atoms with E-state index in [-0.39, 0.29) is 19.5 Å². The highest BCUT2D eigenvalue weighted by Gasteiger charge is 2.27. The van der Waals surface area contributed by atoms with Gasteiger partial charge in [-0.2, -0.15) is 0 Å². The minimum absolute atomic E-state index is 0. The smallest absolute Gasteiger partial charge is 0.0595 e. The van der Waals surface area contributed by atoms with Crippen LogP contribution in [-0.2, 0) is 0 Å². The van der Waals surface area contributed by atoms with Crippen LogP contribution in [0.1, 0.15) is 90.4 Å². The Morgan fingerprint density at radius 1 is 0.462 bits per heavy atom. The van der Waals surface area contributed by atoms with E-state index in [4.69, 9.17) is 57.9 Å². The van der Waals surface area contributed by atoms with Crippen LogP contribution in [0.25, 0.3) is 0 Å². The average Bonchev–Trinajstić information content (AvgIpc) is 2.93. The van der Waals surface area contributed by atoms with E-state index in [1.165, 1.54) is 33.4 Å². The third-order valence-electron chi connectivity index (χ3n) is 7.77. The number of benzene rings is 4. The van der Waals surface area contributed by atoms with Crippen LogP contribution < -0.4 is 11.5 Å². The van der Waals surface area contributed by atoms with E-state index in [1.807, 2.05) is 24.3 Å². The molecule has 0 saturated carbocycles. The van der Waals surface area contributed by atoms with Crippen LogP contribution in [0.3, 0.4) is 0 Å². The first kappa shape index (κ1) is 29.9. The number of hydrogen-bond donors (Lipinski definition) is 2. The zero-order chi connectivity index (χ0) is 26.8. The van der Waals surface area contributed by atoms with Gasteiger partial charge in [0.15, 0.2) is 0 Å². The Kier molecular flexibility index (Phi) is 10.0. The molecule has 0 aliphatic heterocycles. The van der Waals surface area contributed by atoms with Gasteiger partial charge in [0.1, 0.15) is 0 Å². The first-order valence-corrected chi connectivity index (χ1v) is 14.4. The van der Waals surface area contributed by atoms with Crippen molar-refractivity contribution in [3.8, 4) is 0 Å². The lowest BCUT2D eigenvalue weighted by molar-refractivity contribution is 0.530. The molecule has 4 aromatic rings. The summed E-state index contributed by atoms with van der Waals surface area (Å²) in [7, 11) is 0. The summed E-state index contributed by atoms with van der Waals surface area (Å²) in [6.07, 6.45) is 4.11. The fourth-order valence-electron chi connectivity index (χ4n) is 5.80. The summed E-state index contributed by atoms with van der Waals surface area (Å²) in [6.45, 7) is 0. The van der Waals surface area contributed by atoms with E-state index in [9.17, 15) is 0 Å². The van der Waals surface area contributed by atoms with Crippen molar-refractivity contribution >= 4 is 46.4 Å². The van der Waals surface area contributed by atoms with Crippen molar-refractivity contribution in [3.63, 3.8) is 0 Å². The van der Waals surface area contributed by atoms with Crippen molar-refractivity contribution < 1.29 is 0 Å². The monoisotopic (exact) mass is 598 g/mol. The van der Waals surface area contributed by atoms with Gasteiger partial charge in [-0.05, 0) is 83.3 Å². The van der Waals surface area contributed by atoms with E-state index >= 15 is 0 Å². The van der Waals surface area contributed by atoms with Gasteiger partial charge in [0, 0.05) is 23.9 Å². The van der Waals surface area contributed by atoms with Gasteiger partial charge in [-0.25, -0.2) is 0 Å². The van der Waals surface area contributed by atoms with Gasteiger partial charge in [-0.3, -0.25) is 0 Å². The predicted molar refractivity (Wildman–Crippen MR) is 169 cm³/mol. The fourth-order valence-corrected chi connectivity index (χ4v) is 6.41. The molecular formula is C33H34Cl4N2. The minimum Gasteiger partial charge on any atom is -0.324 e. The van der Waals surface area contributed by atoms with Gasteiger partial charge >= 0.3 is 0 Å². The maximum absolute atomic E-state index is 6.19. The Bertz CT molecular complexity index is 1330. The molecule has 1 unspecified atom stereocenters. The van der Waals surface area contributed by atoms with Gasteiger partial charge in [0.2, 0.25) is 0 Å². The number of rotatable bonds is 2. The Morgan fingerprint density at radius 2 is 0.821 bits per heavy atom. The Labute approximate surface area is 252 Å². The van der Waals surface area contributed by atoms with E-state index in [0.717, 1.165) is 25.7 Å². The molecule has 0 bridgehead atoms. The number of hydrogen-bond acceptors (Lipinski definition) is 2. The van der Waals surface area contributed by atoms with Crippen molar-refractivity contribution in [1.82, 2.24) is 0 Å². The molecule has 0 spiro atoms. The lowest BCUT2D eigenvalue weighted by atomic mass is 9.77. The SMILES string of the molecule is C.N[C@@H]1CC[C@@H](c2ccc(Cl)c(Cl)c2)c2ccccc21.N[C@H]1CCC(c2ccc(Cl)c(Cl)c2)c2ccccc21. The highest BCUT2D eigenvalue weighted by atomic mass is 35.5. The third kappa shape index (κ3) is 6.49. The maximum Gasteiger partial charge on any atom is 0.0595 e. The highest BCUT2D eigenvalue weighted by Crippen LogP contribution is 2.42. The molecule has 4 N–H and O–H groups in total. The molecule has 2 aliphatic carbocycles. The van der Waals surface area contributed by atoms with Crippen LogP contribution >= 0.6 is 46.4 Å². The van der Waals surface area contributed by atoms with Crippen LogP contribution in [-0.4, -0.2) is 0 Å². The standard InChI is InChI=1S/2C16H15Cl2N.CH4/c2*17-14-7-5-10(9-15(14)18)11-6-8-16(19)13-4-2-1-3-12(11)13;/h2*1-5,7,9,11,16H,6,8,19H2;1H4/t11?,16-;11-,16+;/m00./s1. The van der Waals surface area contributed by atoms with Crippen LogP contribution in [0.5, 0.6) is 0 Å². The van der Waals surface area contributed by atoms with Crippen molar-refractivity contribution in [2.45, 2.75) is 57.0 Å². The number of fused-ring (bicyclic) bond motifs is 2. The van der Waals surface area contributed by atoms with Crippen LogP contribution in [0, 0.1) is 0 Å². The first-order valence-electron chi connectivity index (χ1n) is 12.9. The van der Waals surface area contributed by atoms with E-state index in [2.05, 4.69) is 60.7 Å². The van der Waals surface area contributed by atoms with E-state index in [0.29, 0.717) is 31.9 Å². The summed E-state index contributed by atoms with van der Waals surface area (Å²) in [5.74, 6) is 0.733. The van der Waals surface area contributed by atoms with Crippen LogP contribution in [0.15, 0.2) is 84.9 Å². The molecule has 204 valence electrons. The predicted octanol–water partition coefficient (Wildman–Crippen LogP) is 10.5. The van der Waals surface area contributed by atoms with Crippen LogP contribution in [0.4, 0.5) is 0 Å². The lowest BCUT2D eigenvalue weighted by Gasteiger charge is -2.30. The first-order chi connectivity index (χ1) is 18.3. The maximum atomic E-state index is 6.19. The molecule has 2 aliphatic rings. The molecule has 6 heteroatoms. The van der Waals surface area contributed by atoms with Gasteiger partial charge in [-0.1, -0.05) is 114 Å². The van der Waals surface area contributed by atoms with Crippen molar-refractivity contribution in [1.29, 1.82) is 0 Å². The molecule has 0 amide bonds. The summed E-state index contributed by atoms with van der Waals surface area (Å²) >= 11 is 24.2. The molecule has 6 rings (SSSR count). The Hall–Kier alpha value is -2.04. The Morgan fingerprint density at radius 3 is 1.18 bits per heavy atom. The summed E-state index contributed by atoms with van der Waals surface area (Å²) in [5, 5.41) is 2.44. The van der Waals surface area contributed by atoms with Gasteiger partial charge in [0.05, 0.1) is 20.1 Å². The summed E-state index contributed by atoms with van der Waals surface area (Å²) < 4.78 is 0. The quantitative estimate of drug-likeness (QED) is 0.241.